The standard InChI is InChI=1S/C15H27NO4/c1-6-7-8-9-10-11-15(5,12(17)18)16-13(19)20-14(2,3)4/h6H,1,7-11H2,2-5H3,(H,16,19)(H,17,18)/t15-/m0/s1. The first kappa shape index (κ1) is 18.5. The minimum absolute atomic E-state index is 0.374. The number of carboxylic acid groups (broad SMARTS) is 1. The van der Waals surface area contributed by atoms with Crippen LogP contribution < -0.4 is 5.32 Å². The van der Waals surface area contributed by atoms with Gasteiger partial charge in [0.1, 0.15) is 11.1 Å². The summed E-state index contributed by atoms with van der Waals surface area (Å²) in [6, 6.07) is 0. The molecular weight excluding hydrogens is 258 g/mol. The van der Waals surface area contributed by atoms with E-state index in [0.29, 0.717) is 6.42 Å². The molecule has 0 aliphatic rings. The largest absolute Gasteiger partial charge is 0.480 e. The van der Waals surface area contributed by atoms with E-state index in [1.54, 1.807) is 20.8 Å². The van der Waals surface area contributed by atoms with E-state index in [1.165, 1.54) is 6.92 Å². The summed E-state index contributed by atoms with van der Waals surface area (Å²) >= 11 is 0. The van der Waals surface area contributed by atoms with E-state index < -0.39 is 23.2 Å². The molecule has 0 aliphatic carbocycles. The molecule has 0 spiro atoms. The number of carbonyl (C=O) groups is 2. The predicted molar refractivity (Wildman–Crippen MR) is 78.7 cm³/mol. The van der Waals surface area contributed by atoms with E-state index in [9.17, 15) is 14.7 Å². The second kappa shape index (κ2) is 7.92. The first-order chi connectivity index (χ1) is 9.10. The Morgan fingerprint density at radius 2 is 1.80 bits per heavy atom. The van der Waals surface area contributed by atoms with Crippen LogP contribution in [0, 0.1) is 0 Å². The van der Waals surface area contributed by atoms with Crippen LogP contribution >= 0.6 is 0 Å². The van der Waals surface area contributed by atoms with Gasteiger partial charge in [0.2, 0.25) is 0 Å². The molecule has 0 fully saturated rings. The highest BCUT2D eigenvalue weighted by molar-refractivity contribution is 5.83. The third-order valence-corrected chi connectivity index (χ3v) is 2.83. The molecule has 0 aromatic carbocycles. The maximum absolute atomic E-state index is 11.7. The summed E-state index contributed by atoms with van der Waals surface area (Å²) in [5.74, 6) is -1.05. The number of ether oxygens (including phenoxy) is 1. The van der Waals surface area contributed by atoms with Gasteiger partial charge in [-0.3, -0.25) is 0 Å². The van der Waals surface area contributed by atoms with Crippen LogP contribution in [0.15, 0.2) is 12.7 Å². The van der Waals surface area contributed by atoms with Crippen molar-refractivity contribution >= 4 is 12.1 Å². The Hall–Kier alpha value is -1.52. The molecule has 0 rings (SSSR count). The Labute approximate surface area is 121 Å². The number of carbonyl (C=O) groups excluding carboxylic acids is 1. The van der Waals surface area contributed by atoms with Gasteiger partial charge in [-0.25, -0.2) is 9.59 Å². The molecule has 0 unspecified atom stereocenters. The molecule has 0 aromatic heterocycles. The van der Waals surface area contributed by atoms with E-state index in [0.717, 1.165) is 25.7 Å². The zero-order chi connectivity index (χ0) is 15.8. The van der Waals surface area contributed by atoms with Gasteiger partial charge in [-0.2, -0.15) is 0 Å². The average Bonchev–Trinajstić information content (AvgIpc) is 2.25. The number of allylic oxidation sites excluding steroid dienone is 1. The van der Waals surface area contributed by atoms with Crippen LogP contribution in [0.25, 0.3) is 0 Å². The van der Waals surface area contributed by atoms with Crippen LogP contribution in [-0.4, -0.2) is 28.3 Å². The molecule has 0 radical (unpaired) electrons. The number of unbranched alkanes of at least 4 members (excludes halogenated alkanes) is 3. The summed E-state index contributed by atoms with van der Waals surface area (Å²) in [5.41, 5.74) is -1.94. The molecule has 20 heavy (non-hydrogen) atoms. The molecular formula is C15H27NO4. The Bertz CT molecular complexity index is 346. The van der Waals surface area contributed by atoms with Crippen molar-refractivity contribution in [3.8, 4) is 0 Å². The lowest BCUT2D eigenvalue weighted by molar-refractivity contribution is -0.144. The van der Waals surface area contributed by atoms with Gasteiger partial charge in [0.05, 0.1) is 0 Å². The van der Waals surface area contributed by atoms with Crippen molar-refractivity contribution in [3.05, 3.63) is 12.7 Å². The third kappa shape index (κ3) is 7.81. The number of rotatable bonds is 8. The number of amides is 1. The topological polar surface area (TPSA) is 75.6 Å². The SMILES string of the molecule is C=CCCCCC[C@](C)(NC(=O)OC(C)(C)C)C(=O)O. The Morgan fingerprint density at radius 3 is 2.25 bits per heavy atom. The lowest BCUT2D eigenvalue weighted by Crippen LogP contribution is -2.53. The van der Waals surface area contributed by atoms with Crippen LogP contribution in [-0.2, 0) is 9.53 Å². The highest BCUT2D eigenvalue weighted by atomic mass is 16.6. The van der Waals surface area contributed by atoms with Crippen molar-refractivity contribution in [1.29, 1.82) is 0 Å². The average molecular weight is 285 g/mol. The van der Waals surface area contributed by atoms with Crippen molar-refractivity contribution in [1.82, 2.24) is 5.32 Å². The van der Waals surface area contributed by atoms with Crippen molar-refractivity contribution < 1.29 is 19.4 Å². The number of hydrogen-bond acceptors (Lipinski definition) is 3. The smallest absolute Gasteiger partial charge is 0.408 e. The fraction of sp³-hybridized carbons (Fsp3) is 0.733. The molecule has 1 amide bonds. The van der Waals surface area contributed by atoms with E-state index >= 15 is 0 Å². The minimum atomic E-state index is -1.30. The maximum atomic E-state index is 11.7. The van der Waals surface area contributed by atoms with E-state index in [2.05, 4.69) is 11.9 Å². The fourth-order valence-corrected chi connectivity index (χ4v) is 1.70. The number of alkyl carbamates (subject to hydrolysis) is 1. The van der Waals surface area contributed by atoms with Crippen LogP contribution in [0.4, 0.5) is 4.79 Å². The summed E-state index contributed by atoms with van der Waals surface area (Å²) in [7, 11) is 0. The van der Waals surface area contributed by atoms with Crippen LogP contribution in [0.1, 0.15) is 59.8 Å². The molecule has 0 aromatic rings. The lowest BCUT2D eigenvalue weighted by atomic mass is 9.94. The number of nitrogens with one attached hydrogen (secondary N) is 1. The van der Waals surface area contributed by atoms with Gasteiger partial charge >= 0.3 is 12.1 Å². The second-order valence-corrected chi connectivity index (χ2v) is 6.15. The molecule has 2 N–H and O–H groups in total. The fourth-order valence-electron chi connectivity index (χ4n) is 1.70. The normalized spacial score (nSPS) is 14.2. The maximum Gasteiger partial charge on any atom is 0.408 e. The Kier molecular flexibility index (Phi) is 7.32. The number of hydrogen-bond donors (Lipinski definition) is 2. The highest BCUT2D eigenvalue weighted by Crippen LogP contribution is 2.17. The predicted octanol–water partition coefficient (Wildman–Crippen LogP) is 3.49. The van der Waals surface area contributed by atoms with Gasteiger partial charge in [0.15, 0.2) is 0 Å². The first-order valence-electron chi connectivity index (χ1n) is 6.96. The number of carboxylic acids is 1. The lowest BCUT2D eigenvalue weighted by Gasteiger charge is -2.28. The first-order valence-corrected chi connectivity index (χ1v) is 6.96. The van der Waals surface area contributed by atoms with Gasteiger partial charge in [0.25, 0.3) is 0 Å². The van der Waals surface area contributed by atoms with Crippen molar-refractivity contribution in [3.63, 3.8) is 0 Å². The molecule has 116 valence electrons. The van der Waals surface area contributed by atoms with Crippen LogP contribution in [0.5, 0.6) is 0 Å². The van der Waals surface area contributed by atoms with Crippen molar-refractivity contribution in [2.45, 2.75) is 70.9 Å². The summed E-state index contributed by atoms with van der Waals surface area (Å²) in [5, 5.41) is 11.8. The molecule has 0 heterocycles. The molecule has 0 saturated carbocycles. The van der Waals surface area contributed by atoms with Gasteiger partial charge in [-0.05, 0) is 47.0 Å². The molecule has 0 bridgehead atoms. The Balaban J connectivity index is 4.41. The second-order valence-electron chi connectivity index (χ2n) is 6.15. The Morgan fingerprint density at radius 1 is 1.20 bits per heavy atom. The third-order valence-electron chi connectivity index (χ3n) is 2.83. The molecule has 0 aliphatic heterocycles. The molecule has 0 saturated heterocycles. The van der Waals surface area contributed by atoms with Crippen molar-refractivity contribution in [2.24, 2.45) is 0 Å². The monoisotopic (exact) mass is 285 g/mol. The van der Waals surface area contributed by atoms with Crippen LogP contribution in [0.3, 0.4) is 0 Å². The zero-order valence-corrected chi connectivity index (χ0v) is 13.0. The minimum Gasteiger partial charge on any atom is -0.480 e. The van der Waals surface area contributed by atoms with Gasteiger partial charge in [-0.1, -0.05) is 18.9 Å². The summed E-state index contributed by atoms with van der Waals surface area (Å²) in [6.07, 6.45) is 5.05. The van der Waals surface area contributed by atoms with Gasteiger partial charge in [-0.15, -0.1) is 6.58 Å². The summed E-state index contributed by atoms with van der Waals surface area (Å²) in [6.45, 7) is 10.4. The summed E-state index contributed by atoms with van der Waals surface area (Å²) < 4.78 is 5.10. The van der Waals surface area contributed by atoms with Crippen molar-refractivity contribution in [2.75, 3.05) is 0 Å². The zero-order valence-electron chi connectivity index (χ0n) is 13.0. The summed E-state index contributed by atoms with van der Waals surface area (Å²) in [4.78, 5) is 23.1. The molecule has 5 heteroatoms. The quantitative estimate of drug-likeness (QED) is 0.528. The van der Waals surface area contributed by atoms with E-state index in [1.807, 2.05) is 6.08 Å². The van der Waals surface area contributed by atoms with Gasteiger partial charge < -0.3 is 15.2 Å². The number of aliphatic carboxylic acids is 1. The van der Waals surface area contributed by atoms with Gasteiger partial charge in [0, 0.05) is 0 Å². The van der Waals surface area contributed by atoms with E-state index in [4.69, 9.17) is 4.74 Å². The van der Waals surface area contributed by atoms with E-state index in [-0.39, 0.29) is 0 Å². The van der Waals surface area contributed by atoms with Crippen LogP contribution in [0.2, 0.25) is 0 Å². The highest BCUT2D eigenvalue weighted by Gasteiger charge is 2.35. The molecule has 5 nitrogen and oxygen atoms in total. The molecule has 1 atom stereocenters.